The van der Waals surface area contributed by atoms with Gasteiger partial charge in [-0.15, -0.1) is 0 Å². The molecule has 2 heteroatoms. The highest BCUT2D eigenvalue weighted by Gasteiger charge is 2.10. The third-order valence-electron chi connectivity index (χ3n) is 3.44. The molecule has 1 atom stereocenters. The lowest BCUT2D eigenvalue weighted by Gasteiger charge is -2.20. The summed E-state index contributed by atoms with van der Waals surface area (Å²) in [7, 11) is 0. The van der Waals surface area contributed by atoms with Gasteiger partial charge in [0.05, 0.1) is 6.61 Å². The topological polar surface area (TPSA) is 21.3 Å². The van der Waals surface area contributed by atoms with Crippen molar-refractivity contribution in [3.05, 3.63) is 42.0 Å². The molecule has 2 rings (SSSR count). The predicted molar refractivity (Wildman–Crippen MR) is 76.7 cm³/mol. The van der Waals surface area contributed by atoms with Crippen molar-refractivity contribution in [1.29, 1.82) is 0 Å². The van der Waals surface area contributed by atoms with Gasteiger partial charge in [0.1, 0.15) is 0 Å². The molecule has 0 amide bonds. The maximum atomic E-state index is 5.50. The van der Waals surface area contributed by atoms with Gasteiger partial charge in [-0.05, 0) is 38.2 Å². The fourth-order valence-electron chi connectivity index (χ4n) is 2.33. The standard InChI is InChI=1S/C16H23NO/c1-2-18-13-15-10-6-7-11-16(15)17-12-14-8-4-3-5-9-14/h3-4,6-7,10-11,14,17H,2,5,8-9,12-13H2,1H3. The average Bonchev–Trinajstić information content (AvgIpc) is 2.45. The molecule has 1 aliphatic rings. The Morgan fingerprint density at radius 1 is 1.28 bits per heavy atom. The summed E-state index contributed by atoms with van der Waals surface area (Å²) in [5, 5.41) is 3.58. The van der Waals surface area contributed by atoms with Crippen molar-refractivity contribution in [2.24, 2.45) is 5.92 Å². The molecule has 1 aliphatic carbocycles. The molecule has 0 bridgehead atoms. The van der Waals surface area contributed by atoms with E-state index in [4.69, 9.17) is 4.74 Å². The van der Waals surface area contributed by atoms with Crippen LogP contribution in [0.15, 0.2) is 36.4 Å². The summed E-state index contributed by atoms with van der Waals surface area (Å²) >= 11 is 0. The summed E-state index contributed by atoms with van der Waals surface area (Å²) in [4.78, 5) is 0. The van der Waals surface area contributed by atoms with E-state index in [-0.39, 0.29) is 0 Å². The van der Waals surface area contributed by atoms with Crippen LogP contribution in [0.3, 0.4) is 0 Å². The number of allylic oxidation sites excluding steroid dienone is 2. The van der Waals surface area contributed by atoms with Crippen molar-refractivity contribution in [3.8, 4) is 0 Å². The van der Waals surface area contributed by atoms with Crippen molar-refractivity contribution in [3.63, 3.8) is 0 Å². The fraction of sp³-hybridized carbons (Fsp3) is 0.500. The largest absolute Gasteiger partial charge is 0.384 e. The molecule has 1 aromatic carbocycles. The van der Waals surface area contributed by atoms with Gasteiger partial charge in [-0.3, -0.25) is 0 Å². The van der Waals surface area contributed by atoms with E-state index in [2.05, 4.69) is 41.7 Å². The highest BCUT2D eigenvalue weighted by atomic mass is 16.5. The van der Waals surface area contributed by atoms with E-state index in [9.17, 15) is 0 Å². The zero-order valence-corrected chi connectivity index (χ0v) is 11.2. The van der Waals surface area contributed by atoms with Gasteiger partial charge in [0.2, 0.25) is 0 Å². The average molecular weight is 245 g/mol. The van der Waals surface area contributed by atoms with Crippen LogP contribution >= 0.6 is 0 Å². The van der Waals surface area contributed by atoms with Crippen LogP contribution in [0.2, 0.25) is 0 Å². The van der Waals surface area contributed by atoms with E-state index in [0.29, 0.717) is 6.61 Å². The van der Waals surface area contributed by atoms with Crippen molar-refractivity contribution in [2.45, 2.75) is 32.8 Å². The van der Waals surface area contributed by atoms with Crippen LogP contribution in [0.4, 0.5) is 5.69 Å². The van der Waals surface area contributed by atoms with Crippen molar-refractivity contribution < 1.29 is 4.74 Å². The lowest BCUT2D eigenvalue weighted by Crippen LogP contribution is -2.16. The van der Waals surface area contributed by atoms with E-state index in [1.165, 1.54) is 30.5 Å². The Kier molecular flexibility index (Phi) is 5.28. The monoisotopic (exact) mass is 245 g/mol. The zero-order valence-electron chi connectivity index (χ0n) is 11.2. The summed E-state index contributed by atoms with van der Waals surface area (Å²) in [5.74, 6) is 0.773. The molecule has 0 heterocycles. The van der Waals surface area contributed by atoms with Crippen LogP contribution in [-0.2, 0) is 11.3 Å². The predicted octanol–water partition coefficient (Wildman–Crippen LogP) is 3.99. The normalized spacial score (nSPS) is 18.8. The summed E-state index contributed by atoms with van der Waals surface area (Å²) in [6.45, 7) is 4.56. The Morgan fingerprint density at radius 2 is 2.17 bits per heavy atom. The quantitative estimate of drug-likeness (QED) is 0.765. The van der Waals surface area contributed by atoms with Gasteiger partial charge in [0, 0.05) is 24.4 Å². The SMILES string of the molecule is CCOCc1ccccc1NCC1CC=CCC1. The van der Waals surface area contributed by atoms with E-state index in [1.807, 2.05) is 6.92 Å². The minimum Gasteiger partial charge on any atom is -0.384 e. The first-order valence-electron chi connectivity index (χ1n) is 6.94. The summed E-state index contributed by atoms with van der Waals surface area (Å²) in [6.07, 6.45) is 8.34. The number of ether oxygens (including phenoxy) is 1. The molecular formula is C16H23NO. The van der Waals surface area contributed by atoms with Gasteiger partial charge in [0.15, 0.2) is 0 Å². The maximum Gasteiger partial charge on any atom is 0.0736 e. The molecule has 0 aromatic heterocycles. The van der Waals surface area contributed by atoms with Crippen LogP contribution in [0, 0.1) is 5.92 Å². The van der Waals surface area contributed by atoms with Gasteiger partial charge in [-0.1, -0.05) is 30.4 Å². The third kappa shape index (κ3) is 3.88. The zero-order chi connectivity index (χ0) is 12.6. The Morgan fingerprint density at radius 3 is 2.94 bits per heavy atom. The Bertz CT molecular complexity index is 386. The number of rotatable bonds is 6. The first kappa shape index (κ1) is 13.2. The highest BCUT2D eigenvalue weighted by Crippen LogP contribution is 2.21. The molecule has 0 aliphatic heterocycles. The minimum atomic E-state index is 0.699. The number of hydrogen-bond donors (Lipinski definition) is 1. The highest BCUT2D eigenvalue weighted by molar-refractivity contribution is 5.50. The second-order valence-electron chi connectivity index (χ2n) is 4.83. The van der Waals surface area contributed by atoms with Gasteiger partial charge in [-0.2, -0.15) is 0 Å². The lowest BCUT2D eigenvalue weighted by atomic mass is 9.94. The molecule has 1 aromatic rings. The minimum absolute atomic E-state index is 0.699. The van der Waals surface area contributed by atoms with E-state index in [0.717, 1.165) is 19.1 Å². The second-order valence-corrected chi connectivity index (χ2v) is 4.83. The van der Waals surface area contributed by atoms with Crippen LogP contribution in [0.25, 0.3) is 0 Å². The molecule has 18 heavy (non-hydrogen) atoms. The second kappa shape index (κ2) is 7.22. The van der Waals surface area contributed by atoms with Gasteiger partial charge in [-0.25, -0.2) is 0 Å². The molecule has 0 spiro atoms. The van der Waals surface area contributed by atoms with Crippen LogP contribution in [0.1, 0.15) is 31.7 Å². The molecule has 2 nitrogen and oxygen atoms in total. The Hall–Kier alpha value is -1.28. The number of nitrogens with one attached hydrogen (secondary N) is 1. The summed E-state index contributed by atoms with van der Waals surface area (Å²) in [6, 6.07) is 8.44. The van der Waals surface area contributed by atoms with Crippen LogP contribution < -0.4 is 5.32 Å². The van der Waals surface area contributed by atoms with Crippen molar-refractivity contribution in [2.75, 3.05) is 18.5 Å². The first-order chi connectivity index (χ1) is 8.90. The molecular weight excluding hydrogens is 222 g/mol. The Balaban J connectivity index is 1.89. The van der Waals surface area contributed by atoms with Gasteiger partial charge in [0.25, 0.3) is 0 Å². The number of para-hydroxylation sites is 1. The van der Waals surface area contributed by atoms with E-state index >= 15 is 0 Å². The van der Waals surface area contributed by atoms with Crippen LogP contribution in [-0.4, -0.2) is 13.2 Å². The smallest absolute Gasteiger partial charge is 0.0736 e. The molecule has 0 saturated heterocycles. The molecule has 0 saturated carbocycles. The molecule has 0 radical (unpaired) electrons. The van der Waals surface area contributed by atoms with Gasteiger partial charge < -0.3 is 10.1 Å². The molecule has 1 N–H and O–H groups in total. The van der Waals surface area contributed by atoms with Gasteiger partial charge >= 0.3 is 0 Å². The van der Waals surface area contributed by atoms with Crippen molar-refractivity contribution >= 4 is 5.69 Å². The fourth-order valence-corrected chi connectivity index (χ4v) is 2.33. The molecule has 1 unspecified atom stereocenters. The van der Waals surface area contributed by atoms with E-state index in [1.54, 1.807) is 0 Å². The molecule has 0 fully saturated rings. The summed E-state index contributed by atoms with van der Waals surface area (Å²) in [5.41, 5.74) is 2.48. The van der Waals surface area contributed by atoms with E-state index < -0.39 is 0 Å². The lowest BCUT2D eigenvalue weighted by molar-refractivity contribution is 0.134. The first-order valence-corrected chi connectivity index (χ1v) is 6.94. The summed E-state index contributed by atoms with van der Waals surface area (Å²) < 4.78 is 5.50. The number of benzene rings is 1. The Labute approximate surface area is 110 Å². The maximum absolute atomic E-state index is 5.50. The molecule has 98 valence electrons. The van der Waals surface area contributed by atoms with Crippen LogP contribution in [0.5, 0.6) is 0 Å². The number of hydrogen-bond acceptors (Lipinski definition) is 2. The number of anilines is 1. The van der Waals surface area contributed by atoms with Crippen molar-refractivity contribution in [1.82, 2.24) is 0 Å². The third-order valence-corrected chi connectivity index (χ3v) is 3.44.